The first-order valence-corrected chi connectivity index (χ1v) is 12.9. The van der Waals surface area contributed by atoms with E-state index in [2.05, 4.69) is 9.55 Å². The summed E-state index contributed by atoms with van der Waals surface area (Å²) in [6.07, 6.45) is 3.91. The summed E-state index contributed by atoms with van der Waals surface area (Å²) in [4.78, 5) is 34.0. The van der Waals surface area contributed by atoms with E-state index in [1.54, 1.807) is 17.3 Å². The number of aryl methyl sites for hydroxylation is 1. The summed E-state index contributed by atoms with van der Waals surface area (Å²) in [6, 6.07) is 9.58. The molecule has 0 radical (unpaired) electrons. The van der Waals surface area contributed by atoms with Crippen molar-refractivity contribution in [3.8, 4) is 0 Å². The molecular weight excluding hydrogens is 499 g/mol. The molecule has 0 saturated carbocycles. The van der Waals surface area contributed by atoms with Crippen molar-refractivity contribution < 1.29 is 24.2 Å². The summed E-state index contributed by atoms with van der Waals surface area (Å²) in [6.45, 7) is 0.556. The van der Waals surface area contributed by atoms with Crippen LogP contribution in [0.3, 0.4) is 0 Å². The molecule has 196 valence electrons. The first-order chi connectivity index (χ1) is 17.9. The summed E-state index contributed by atoms with van der Waals surface area (Å²) >= 11 is 6.24. The van der Waals surface area contributed by atoms with Gasteiger partial charge in [-0.3, -0.25) is 19.0 Å². The van der Waals surface area contributed by atoms with E-state index in [1.807, 2.05) is 30.3 Å². The van der Waals surface area contributed by atoms with Gasteiger partial charge >= 0.3 is 0 Å². The quantitative estimate of drug-likeness (QED) is 0.437. The molecule has 1 aromatic carbocycles. The molecule has 37 heavy (non-hydrogen) atoms. The highest BCUT2D eigenvalue weighted by Gasteiger charge is 2.52. The van der Waals surface area contributed by atoms with E-state index >= 15 is 0 Å². The third-order valence-corrected chi connectivity index (χ3v) is 7.92. The minimum Gasteiger partial charge on any atom is -0.393 e. The van der Waals surface area contributed by atoms with Crippen molar-refractivity contribution in [1.29, 1.82) is 0 Å². The van der Waals surface area contributed by atoms with Crippen molar-refractivity contribution in [3.05, 3.63) is 59.0 Å². The standard InChI is InChI=1S/C27H30ClFN4O4/c28-19-3-4-22-18(13-19)14-20(32(22)10-2-1-8-29)16-33-23-15-30-9-5-21(23)27(26(33)37)6-11-31(12-7-27)25(36)24(35)17-34/h3-5,9,13-15,24,34-35H,1-2,6-8,10-12,16-17H2. The molecule has 5 rings (SSSR count). The topological polar surface area (TPSA) is 98.9 Å². The molecule has 4 heterocycles. The van der Waals surface area contributed by atoms with Crippen LogP contribution >= 0.6 is 11.6 Å². The largest absolute Gasteiger partial charge is 0.393 e. The number of fused-ring (bicyclic) bond motifs is 3. The second-order valence-corrected chi connectivity index (χ2v) is 10.2. The number of alkyl halides is 1. The van der Waals surface area contributed by atoms with Crippen molar-refractivity contribution in [2.24, 2.45) is 0 Å². The number of rotatable bonds is 8. The zero-order chi connectivity index (χ0) is 26.2. The molecule has 2 N–H and O–H groups in total. The maximum absolute atomic E-state index is 14.1. The Kier molecular flexibility index (Phi) is 7.20. The third-order valence-electron chi connectivity index (χ3n) is 7.68. The molecule has 2 aliphatic rings. The first-order valence-electron chi connectivity index (χ1n) is 12.6. The number of pyridine rings is 1. The molecule has 2 amide bonds. The number of likely N-dealkylation sites (tertiary alicyclic amines) is 1. The molecule has 0 bridgehead atoms. The third kappa shape index (κ3) is 4.49. The monoisotopic (exact) mass is 528 g/mol. The lowest BCUT2D eigenvalue weighted by atomic mass is 9.74. The fourth-order valence-corrected chi connectivity index (χ4v) is 5.93. The van der Waals surface area contributed by atoms with E-state index in [4.69, 9.17) is 16.7 Å². The molecule has 3 aromatic rings. The van der Waals surface area contributed by atoms with Gasteiger partial charge in [0.15, 0.2) is 6.10 Å². The Bertz CT molecular complexity index is 1320. The number of nitrogens with zero attached hydrogens (tertiary/aromatic N) is 4. The van der Waals surface area contributed by atoms with E-state index in [0.29, 0.717) is 56.9 Å². The van der Waals surface area contributed by atoms with Gasteiger partial charge < -0.3 is 24.6 Å². The van der Waals surface area contributed by atoms with Gasteiger partial charge in [-0.25, -0.2) is 0 Å². The molecule has 1 atom stereocenters. The van der Waals surface area contributed by atoms with Gasteiger partial charge in [0.05, 0.1) is 37.1 Å². The van der Waals surface area contributed by atoms with E-state index < -0.39 is 24.0 Å². The van der Waals surface area contributed by atoms with Gasteiger partial charge in [-0.15, -0.1) is 0 Å². The number of anilines is 1. The van der Waals surface area contributed by atoms with Gasteiger partial charge in [-0.2, -0.15) is 0 Å². The number of halogens is 2. The SMILES string of the molecule is O=C(C(O)CO)N1CCC2(CC1)C(=O)N(Cc1cc3cc(Cl)ccc3n1CCCCF)c1cnccc12. The van der Waals surface area contributed by atoms with Crippen LogP contribution in [0.25, 0.3) is 10.9 Å². The van der Waals surface area contributed by atoms with Gasteiger partial charge in [-0.1, -0.05) is 11.6 Å². The molecule has 2 aliphatic heterocycles. The molecule has 8 nitrogen and oxygen atoms in total. The maximum Gasteiger partial charge on any atom is 0.253 e. The number of hydrogen-bond acceptors (Lipinski definition) is 5. The van der Waals surface area contributed by atoms with Crippen LogP contribution in [-0.2, 0) is 28.1 Å². The summed E-state index contributed by atoms with van der Waals surface area (Å²) in [5.41, 5.74) is 2.77. The number of carbonyl (C=O) groups is 2. The van der Waals surface area contributed by atoms with E-state index in [0.717, 1.165) is 27.8 Å². The van der Waals surface area contributed by atoms with Crippen molar-refractivity contribution >= 4 is 40.0 Å². The minimum atomic E-state index is -1.45. The highest BCUT2D eigenvalue weighted by molar-refractivity contribution is 6.31. The second kappa shape index (κ2) is 10.4. The van der Waals surface area contributed by atoms with Crippen molar-refractivity contribution in [2.75, 3.05) is 31.3 Å². The molecular formula is C27H30ClFN4O4. The number of aliphatic hydroxyl groups is 2. The zero-order valence-corrected chi connectivity index (χ0v) is 21.2. The minimum absolute atomic E-state index is 0.0381. The normalized spacial score (nSPS) is 17.6. The number of amides is 2. The van der Waals surface area contributed by atoms with Crippen molar-refractivity contribution in [3.63, 3.8) is 0 Å². The Morgan fingerprint density at radius 3 is 2.70 bits per heavy atom. The van der Waals surface area contributed by atoms with Crippen LogP contribution in [0, 0.1) is 0 Å². The number of aliphatic hydroxyl groups excluding tert-OH is 2. The van der Waals surface area contributed by atoms with Gasteiger partial charge in [0.25, 0.3) is 5.91 Å². The molecule has 1 unspecified atom stereocenters. The molecule has 0 aliphatic carbocycles. The van der Waals surface area contributed by atoms with E-state index in [9.17, 15) is 19.1 Å². The Morgan fingerprint density at radius 1 is 1.19 bits per heavy atom. The Balaban J connectivity index is 1.46. The van der Waals surface area contributed by atoms with Crippen LogP contribution in [0.5, 0.6) is 0 Å². The Labute approximate surface area is 219 Å². The average molecular weight is 529 g/mol. The van der Waals surface area contributed by atoms with Crippen LogP contribution < -0.4 is 4.90 Å². The predicted molar refractivity (Wildman–Crippen MR) is 138 cm³/mol. The van der Waals surface area contributed by atoms with Crippen molar-refractivity contribution in [2.45, 2.75) is 50.3 Å². The number of benzene rings is 1. The number of carbonyl (C=O) groups excluding carboxylic acids is 2. The Morgan fingerprint density at radius 2 is 1.97 bits per heavy atom. The van der Waals surface area contributed by atoms with Crippen LogP contribution in [0.2, 0.25) is 5.02 Å². The highest BCUT2D eigenvalue weighted by atomic mass is 35.5. The van der Waals surface area contributed by atoms with Gasteiger partial charge in [0.1, 0.15) is 0 Å². The maximum atomic E-state index is 14.1. The number of aromatic nitrogens is 2. The molecule has 2 aromatic heterocycles. The zero-order valence-electron chi connectivity index (χ0n) is 20.4. The Hall–Kier alpha value is -3.01. The van der Waals surface area contributed by atoms with Gasteiger partial charge in [0.2, 0.25) is 5.91 Å². The van der Waals surface area contributed by atoms with Crippen molar-refractivity contribution in [1.82, 2.24) is 14.5 Å². The molecule has 1 fully saturated rings. The average Bonchev–Trinajstić information content (AvgIpc) is 3.36. The van der Waals surface area contributed by atoms with Gasteiger partial charge in [-0.05, 0) is 61.6 Å². The van der Waals surface area contributed by atoms with Crippen LogP contribution in [0.4, 0.5) is 10.1 Å². The van der Waals surface area contributed by atoms with Crippen LogP contribution in [-0.4, -0.2) is 69.0 Å². The summed E-state index contributed by atoms with van der Waals surface area (Å²) < 4.78 is 15.0. The van der Waals surface area contributed by atoms with Gasteiger partial charge in [0, 0.05) is 47.5 Å². The predicted octanol–water partition coefficient (Wildman–Crippen LogP) is 3.20. The summed E-state index contributed by atoms with van der Waals surface area (Å²) in [7, 11) is 0. The number of piperidine rings is 1. The van der Waals surface area contributed by atoms with E-state index in [1.165, 1.54) is 4.90 Å². The number of unbranched alkanes of at least 4 members (excludes halogenated alkanes) is 1. The smallest absolute Gasteiger partial charge is 0.253 e. The number of hydrogen-bond donors (Lipinski definition) is 2. The summed E-state index contributed by atoms with van der Waals surface area (Å²) in [5.74, 6) is -0.560. The molecule has 1 saturated heterocycles. The van der Waals surface area contributed by atoms with E-state index in [-0.39, 0.29) is 12.6 Å². The summed E-state index contributed by atoms with van der Waals surface area (Å²) in [5, 5.41) is 20.5. The molecule has 10 heteroatoms. The van der Waals surface area contributed by atoms with Crippen LogP contribution in [0.1, 0.15) is 36.9 Å². The second-order valence-electron chi connectivity index (χ2n) is 9.78. The fourth-order valence-electron chi connectivity index (χ4n) is 5.75. The lowest BCUT2D eigenvalue weighted by Gasteiger charge is -2.39. The van der Waals surface area contributed by atoms with Crippen LogP contribution in [0.15, 0.2) is 42.7 Å². The first kappa shape index (κ1) is 25.6. The lowest BCUT2D eigenvalue weighted by Crippen LogP contribution is -2.52. The molecule has 1 spiro atoms. The fraction of sp³-hybridized carbons (Fsp3) is 0.444. The lowest BCUT2D eigenvalue weighted by molar-refractivity contribution is -0.145. The highest BCUT2D eigenvalue weighted by Crippen LogP contribution is 2.48.